The smallest absolute Gasteiger partial charge is 0.343 e. The first-order chi connectivity index (χ1) is 17.5. The van der Waals surface area contributed by atoms with Crippen molar-refractivity contribution in [2.45, 2.75) is 6.92 Å². The molecule has 0 saturated heterocycles. The Kier molecular flexibility index (Phi) is 8.05. The summed E-state index contributed by atoms with van der Waals surface area (Å²) in [6, 6.07) is 22.2. The van der Waals surface area contributed by atoms with E-state index in [1.54, 1.807) is 36.4 Å². The SMILES string of the molecule is COC(=O)COc1ccc(/C=N\NC(=O)c2ccc(-c3csc(Nc4ccc(C)cc4)n3)cc2)cc1. The van der Waals surface area contributed by atoms with Crippen LogP contribution in [-0.4, -0.2) is 36.8 Å². The van der Waals surface area contributed by atoms with E-state index in [0.717, 1.165) is 27.6 Å². The number of thiazole rings is 1. The molecule has 0 aliphatic rings. The zero-order valence-electron chi connectivity index (χ0n) is 19.7. The summed E-state index contributed by atoms with van der Waals surface area (Å²) in [6.45, 7) is 1.89. The lowest BCUT2D eigenvalue weighted by molar-refractivity contribution is -0.142. The third-order valence-electron chi connectivity index (χ3n) is 5.09. The van der Waals surface area contributed by atoms with Gasteiger partial charge in [0.05, 0.1) is 19.0 Å². The number of hydrogen-bond acceptors (Lipinski definition) is 8. The maximum Gasteiger partial charge on any atom is 0.343 e. The van der Waals surface area contributed by atoms with Gasteiger partial charge in [-0.15, -0.1) is 11.3 Å². The number of aromatic nitrogens is 1. The lowest BCUT2D eigenvalue weighted by Gasteiger charge is -2.04. The van der Waals surface area contributed by atoms with Gasteiger partial charge in [0.15, 0.2) is 11.7 Å². The molecule has 9 heteroatoms. The Labute approximate surface area is 212 Å². The number of nitrogens with one attached hydrogen (secondary N) is 2. The number of anilines is 2. The average Bonchev–Trinajstić information content (AvgIpc) is 3.38. The highest BCUT2D eigenvalue weighted by Crippen LogP contribution is 2.27. The minimum atomic E-state index is -0.456. The van der Waals surface area contributed by atoms with Crippen LogP contribution in [0.4, 0.5) is 10.8 Å². The van der Waals surface area contributed by atoms with E-state index in [1.807, 2.05) is 48.7 Å². The Bertz CT molecular complexity index is 1350. The molecular formula is C27H24N4O4S. The number of nitrogens with zero attached hydrogens (tertiary/aromatic N) is 2. The van der Waals surface area contributed by atoms with Gasteiger partial charge in [-0.2, -0.15) is 5.10 Å². The fourth-order valence-electron chi connectivity index (χ4n) is 3.10. The van der Waals surface area contributed by atoms with Gasteiger partial charge >= 0.3 is 5.97 Å². The highest BCUT2D eigenvalue weighted by Gasteiger charge is 2.08. The van der Waals surface area contributed by atoms with Crippen molar-refractivity contribution in [3.63, 3.8) is 0 Å². The quantitative estimate of drug-likeness (QED) is 0.187. The summed E-state index contributed by atoms with van der Waals surface area (Å²) in [5.41, 5.74) is 7.69. The van der Waals surface area contributed by atoms with E-state index in [-0.39, 0.29) is 12.5 Å². The maximum absolute atomic E-state index is 12.4. The number of benzene rings is 3. The molecule has 0 aliphatic carbocycles. The largest absolute Gasteiger partial charge is 0.482 e. The summed E-state index contributed by atoms with van der Waals surface area (Å²) >= 11 is 1.52. The van der Waals surface area contributed by atoms with E-state index < -0.39 is 5.97 Å². The zero-order chi connectivity index (χ0) is 25.3. The molecule has 0 atom stereocenters. The van der Waals surface area contributed by atoms with E-state index in [1.165, 1.54) is 30.2 Å². The Morgan fingerprint density at radius 1 is 1.00 bits per heavy atom. The van der Waals surface area contributed by atoms with Gasteiger partial charge in [-0.1, -0.05) is 29.8 Å². The first-order valence-corrected chi connectivity index (χ1v) is 11.9. The first-order valence-electron chi connectivity index (χ1n) is 11.0. The van der Waals surface area contributed by atoms with Crippen molar-refractivity contribution in [1.29, 1.82) is 0 Å². The zero-order valence-corrected chi connectivity index (χ0v) is 20.5. The number of hydrogen-bond donors (Lipinski definition) is 2. The molecule has 0 radical (unpaired) electrons. The summed E-state index contributed by atoms with van der Waals surface area (Å²) in [6.07, 6.45) is 1.52. The summed E-state index contributed by atoms with van der Waals surface area (Å²) < 4.78 is 9.82. The maximum atomic E-state index is 12.4. The van der Waals surface area contributed by atoms with Crippen LogP contribution in [-0.2, 0) is 9.53 Å². The van der Waals surface area contributed by atoms with Gasteiger partial charge in [-0.25, -0.2) is 15.2 Å². The van der Waals surface area contributed by atoms with Crippen molar-refractivity contribution in [1.82, 2.24) is 10.4 Å². The summed E-state index contributed by atoms with van der Waals surface area (Å²) in [7, 11) is 1.30. The normalized spacial score (nSPS) is 10.7. The first kappa shape index (κ1) is 24.6. The minimum absolute atomic E-state index is 0.160. The molecule has 1 amide bonds. The predicted octanol–water partition coefficient (Wildman–Crippen LogP) is 5.18. The third-order valence-corrected chi connectivity index (χ3v) is 5.85. The monoisotopic (exact) mass is 500 g/mol. The topological polar surface area (TPSA) is 102 Å². The second-order valence-corrected chi connectivity index (χ2v) is 8.60. The number of hydrazone groups is 1. The number of carbonyl (C=O) groups is 2. The van der Waals surface area contributed by atoms with Gasteiger partial charge in [0, 0.05) is 22.2 Å². The van der Waals surface area contributed by atoms with Gasteiger partial charge in [0.1, 0.15) is 5.75 Å². The molecule has 4 aromatic rings. The Morgan fingerprint density at radius 3 is 2.42 bits per heavy atom. The molecule has 0 aliphatic heterocycles. The molecule has 182 valence electrons. The van der Waals surface area contributed by atoms with Crippen LogP contribution in [0.1, 0.15) is 21.5 Å². The number of methoxy groups -OCH3 is 1. The van der Waals surface area contributed by atoms with Crippen molar-refractivity contribution >= 4 is 40.2 Å². The third kappa shape index (κ3) is 6.77. The molecule has 8 nitrogen and oxygen atoms in total. The summed E-state index contributed by atoms with van der Waals surface area (Å²) in [4.78, 5) is 28.2. The van der Waals surface area contributed by atoms with Gasteiger partial charge in [-0.3, -0.25) is 4.79 Å². The van der Waals surface area contributed by atoms with Crippen LogP contribution in [0.3, 0.4) is 0 Å². The van der Waals surface area contributed by atoms with Crippen molar-refractivity contribution in [3.05, 3.63) is 94.9 Å². The Balaban J connectivity index is 1.30. The molecule has 4 rings (SSSR count). The fourth-order valence-corrected chi connectivity index (χ4v) is 3.84. The van der Waals surface area contributed by atoms with Crippen molar-refractivity contribution in [2.24, 2.45) is 5.10 Å². The average molecular weight is 501 g/mol. The number of carbonyl (C=O) groups excluding carboxylic acids is 2. The molecule has 0 fully saturated rings. The van der Waals surface area contributed by atoms with E-state index in [2.05, 4.69) is 25.6 Å². The van der Waals surface area contributed by atoms with Crippen LogP contribution < -0.4 is 15.5 Å². The summed E-state index contributed by atoms with van der Waals surface area (Å²) in [5, 5.41) is 10.1. The van der Waals surface area contributed by atoms with Gasteiger partial charge in [0.2, 0.25) is 0 Å². The van der Waals surface area contributed by atoms with Crippen molar-refractivity contribution in [2.75, 3.05) is 19.0 Å². The van der Waals surface area contributed by atoms with E-state index in [0.29, 0.717) is 11.3 Å². The molecule has 2 N–H and O–H groups in total. The van der Waals surface area contributed by atoms with E-state index in [4.69, 9.17) is 4.74 Å². The number of rotatable bonds is 9. The minimum Gasteiger partial charge on any atom is -0.482 e. The molecule has 36 heavy (non-hydrogen) atoms. The van der Waals surface area contributed by atoms with Gasteiger partial charge in [0.25, 0.3) is 5.91 Å². The van der Waals surface area contributed by atoms with Crippen molar-refractivity contribution < 1.29 is 19.1 Å². The molecule has 0 saturated carbocycles. The van der Waals surface area contributed by atoms with Crippen LogP contribution in [0.25, 0.3) is 11.3 Å². The second kappa shape index (κ2) is 11.8. The van der Waals surface area contributed by atoms with Crippen LogP contribution in [0.2, 0.25) is 0 Å². The molecule has 1 aromatic heterocycles. The lowest BCUT2D eigenvalue weighted by atomic mass is 10.1. The molecule has 0 spiro atoms. The standard InChI is InChI=1S/C27H24N4O4S/c1-18-3-11-22(12-4-18)29-27-30-24(17-36-27)20-7-9-21(10-8-20)26(33)31-28-15-19-5-13-23(14-6-19)35-16-25(32)34-2/h3-15,17H,16H2,1-2H3,(H,29,30)(H,31,33)/b28-15-. The molecule has 3 aromatic carbocycles. The molecule has 0 bridgehead atoms. The molecule has 1 heterocycles. The van der Waals surface area contributed by atoms with E-state index >= 15 is 0 Å². The number of amides is 1. The number of esters is 1. The van der Waals surface area contributed by atoms with Crippen molar-refractivity contribution in [3.8, 4) is 17.0 Å². The van der Waals surface area contributed by atoms with Gasteiger partial charge in [-0.05, 0) is 61.0 Å². The van der Waals surface area contributed by atoms with Crippen LogP contribution >= 0.6 is 11.3 Å². The highest BCUT2D eigenvalue weighted by atomic mass is 32.1. The van der Waals surface area contributed by atoms with Crippen LogP contribution in [0.5, 0.6) is 5.75 Å². The van der Waals surface area contributed by atoms with Crippen LogP contribution in [0.15, 0.2) is 83.3 Å². The summed E-state index contributed by atoms with van der Waals surface area (Å²) in [5.74, 6) is -0.251. The Hall–Kier alpha value is -4.50. The van der Waals surface area contributed by atoms with Gasteiger partial charge < -0.3 is 14.8 Å². The highest BCUT2D eigenvalue weighted by molar-refractivity contribution is 7.14. The lowest BCUT2D eigenvalue weighted by Crippen LogP contribution is -2.17. The van der Waals surface area contributed by atoms with Crippen LogP contribution in [0, 0.1) is 6.92 Å². The molecule has 0 unspecified atom stereocenters. The Morgan fingerprint density at radius 2 is 1.72 bits per heavy atom. The second-order valence-electron chi connectivity index (χ2n) is 7.74. The fraction of sp³-hybridized carbons (Fsp3) is 0.111. The predicted molar refractivity (Wildman–Crippen MR) is 141 cm³/mol. The molecular weight excluding hydrogens is 476 g/mol. The number of aryl methyl sites for hydroxylation is 1. The van der Waals surface area contributed by atoms with E-state index in [9.17, 15) is 9.59 Å². The number of ether oxygens (including phenoxy) is 2.